The summed E-state index contributed by atoms with van der Waals surface area (Å²) in [6, 6.07) is 7.99. The fourth-order valence-electron chi connectivity index (χ4n) is 2.71. The molecule has 0 radical (unpaired) electrons. The van der Waals surface area contributed by atoms with Gasteiger partial charge in [-0.05, 0) is 43.2 Å². The number of ether oxygens (including phenoxy) is 3. The van der Waals surface area contributed by atoms with Gasteiger partial charge in [-0.25, -0.2) is 4.79 Å². The van der Waals surface area contributed by atoms with Crippen molar-refractivity contribution >= 4 is 11.9 Å². The highest BCUT2D eigenvalue weighted by atomic mass is 16.5. The third kappa shape index (κ3) is 4.69. The third-order valence-electron chi connectivity index (χ3n) is 4.23. The van der Waals surface area contributed by atoms with Crippen LogP contribution < -0.4 is 19.5 Å². The Morgan fingerprint density at radius 3 is 2.00 bits per heavy atom. The molecule has 2 aromatic carbocycles. The Morgan fingerprint density at radius 1 is 0.926 bits per heavy atom. The molecule has 27 heavy (non-hydrogen) atoms. The van der Waals surface area contributed by atoms with E-state index in [1.165, 1.54) is 33.5 Å². The number of methoxy groups -OCH3 is 3. The standard InChI is InChI=1S/C20H23NO6/c1-12-16(25-2)10-15(11-17(12)26-3)19(22)21-8-7-13-5-6-14(20(23)24)9-18(13)27-4/h5-6,9-11H,7-8H2,1-4H3,(H,21,22)(H,23,24). The van der Waals surface area contributed by atoms with Crippen LogP contribution in [0.3, 0.4) is 0 Å². The minimum Gasteiger partial charge on any atom is -0.496 e. The molecule has 2 aromatic rings. The molecule has 2 rings (SSSR count). The lowest BCUT2D eigenvalue weighted by atomic mass is 10.1. The second kappa shape index (κ2) is 8.93. The summed E-state index contributed by atoms with van der Waals surface area (Å²) in [5.74, 6) is 0.349. The number of hydrogen-bond acceptors (Lipinski definition) is 5. The second-order valence-electron chi connectivity index (χ2n) is 5.84. The molecule has 0 fully saturated rings. The van der Waals surface area contributed by atoms with Crippen molar-refractivity contribution in [1.82, 2.24) is 5.32 Å². The molecule has 0 aliphatic carbocycles. The molecule has 0 aliphatic heterocycles. The lowest BCUT2D eigenvalue weighted by molar-refractivity contribution is 0.0696. The summed E-state index contributed by atoms with van der Waals surface area (Å²) in [6.07, 6.45) is 0.495. The van der Waals surface area contributed by atoms with Crippen LogP contribution in [0.5, 0.6) is 17.2 Å². The molecule has 0 aliphatic rings. The third-order valence-corrected chi connectivity index (χ3v) is 4.23. The van der Waals surface area contributed by atoms with E-state index in [4.69, 9.17) is 19.3 Å². The van der Waals surface area contributed by atoms with E-state index in [0.717, 1.165) is 11.1 Å². The van der Waals surface area contributed by atoms with E-state index >= 15 is 0 Å². The van der Waals surface area contributed by atoms with Gasteiger partial charge in [-0.3, -0.25) is 4.79 Å². The zero-order chi connectivity index (χ0) is 20.0. The van der Waals surface area contributed by atoms with Crippen LogP contribution in [0.15, 0.2) is 30.3 Å². The molecule has 144 valence electrons. The van der Waals surface area contributed by atoms with Gasteiger partial charge in [0.15, 0.2) is 0 Å². The van der Waals surface area contributed by atoms with Gasteiger partial charge in [0.1, 0.15) is 17.2 Å². The Morgan fingerprint density at radius 2 is 1.48 bits per heavy atom. The van der Waals surface area contributed by atoms with Crippen molar-refractivity contribution in [3.8, 4) is 17.2 Å². The van der Waals surface area contributed by atoms with Crippen LogP contribution in [0, 0.1) is 6.92 Å². The van der Waals surface area contributed by atoms with Crippen molar-refractivity contribution in [3.05, 3.63) is 52.6 Å². The van der Waals surface area contributed by atoms with Gasteiger partial charge in [-0.15, -0.1) is 0 Å². The van der Waals surface area contributed by atoms with E-state index in [2.05, 4.69) is 5.32 Å². The highest BCUT2D eigenvalue weighted by Gasteiger charge is 2.14. The topological polar surface area (TPSA) is 94.1 Å². The average Bonchev–Trinajstić information content (AvgIpc) is 2.67. The number of carbonyl (C=O) groups is 2. The highest BCUT2D eigenvalue weighted by molar-refractivity contribution is 5.95. The predicted octanol–water partition coefficient (Wildman–Crippen LogP) is 2.69. The predicted molar refractivity (Wildman–Crippen MR) is 100 cm³/mol. The quantitative estimate of drug-likeness (QED) is 0.739. The van der Waals surface area contributed by atoms with Crippen LogP contribution in [0.25, 0.3) is 0 Å². The van der Waals surface area contributed by atoms with Gasteiger partial charge >= 0.3 is 5.97 Å². The number of carbonyl (C=O) groups excluding carboxylic acids is 1. The first-order chi connectivity index (χ1) is 12.9. The molecular weight excluding hydrogens is 350 g/mol. The minimum atomic E-state index is -1.02. The van der Waals surface area contributed by atoms with Crippen molar-refractivity contribution in [2.24, 2.45) is 0 Å². The molecule has 0 atom stereocenters. The smallest absolute Gasteiger partial charge is 0.335 e. The molecule has 1 amide bonds. The van der Waals surface area contributed by atoms with Crippen LogP contribution in [0.1, 0.15) is 31.8 Å². The Balaban J connectivity index is 2.07. The van der Waals surface area contributed by atoms with Gasteiger partial charge in [0, 0.05) is 17.7 Å². The van der Waals surface area contributed by atoms with Crippen molar-refractivity contribution in [2.75, 3.05) is 27.9 Å². The first kappa shape index (κ1) is 20.1. The van der Waals surface area contributed by atoms with E-state index in [1.54, 1.807) is 18.2 Å². The molecule has 0 aromatic heterocycles. The first-order valence-electron chi connectivity index (χ1n) is 8.32. The van der Waals surface area contributed by atoms with Gasteiger partial charge in [-0.2, -0.15) is 0 Å². The van der Waals surface area contributed by atoms with Gasteiger partial charge in [0.25, 0.3) is 5.91 Å². The van der Waals surface area contributed by atoms with Crippen molar-refractivity contribution in [2.45, 2.75) is 13.3 Å². The van der Waals surface area contributed by atoms with E-state index in [9.17, 15) is 9.59 Å². The molecule has 7 heteroatoms. The summed E-state index contributed by atoms with van der Waals surface area (Å²) in [5, 5.41) is 11.9. The van der Waals surface area contributed by atoms with Gasteiger partial charge in [0.2, 0.25) is 0 Å². The van der Waals surface area contributed by atoms with Crippen molar-refractivity contribution < 1.29 is 28.9 Å². The molecule has 0 saturated heterocycles. The summed E-state index contributed by atoms with van der Waals surface area (Å²) in [7, 11) is 4.56. The van der Waals surface area contributed by atoms with Gasteiger partial charge in [0.05, 0.1) is 26.9 Å². The molecule has 0 unspecified atom stereocenters. The average molecular weight is 373 g/mol. The van der Waals surface area contributed by atoms with Crippen molar-refractivity contribution in [3.63, 3.8) is 0 Å². The normalized spacial score (nSPS) is 10.2. The highest BCUT2D eigenvalue weighted by Crippen LogP contribution is 2.29. The van der Waals surface area contributed by atoms with Gasteiger partial charge < -0.3 is 24.6 Å². The monoisotopic (exact) mass is 373 g/mol. The summed E-state index contributed by atoms with van der Waals surface area (Å²) < 4.78 is 15.8. The van der Waals surface area contributed by atoms with E-state index in [0.29, 0.717) is 35.8 Å². The summed E-state index contributed by atoms with van der Waals surface area (Å²) in [4.78, 5) is 23.5. The first-order valence-corrected chi connectivity index (χ1v) is 8.32. The van der Waals surface area contributed by atoms with Crippen LogP contribution in [0.4, 0.5) is 0 Å². The number of aromatic carboxylic acids is 1. The zero-order valence-corrected chi connectivity index (χ0v) is 15.8. The maximum absolute atomic E-state index is 12.4. The Hall–Kier alpha value is -3.22. The number of carboxylic acid groups (broad SMARTS) is 1. The molecule has 7 nitrogen and oxygen atoms in total. The molecule has 2 N–H and O–H groups in total. The largest absolute Gasteiger partial charge is 0.496 e. The number of carboxylic acids is 1. The lowest BCUT2D eigenvalue weighted by Gasteiger charge is -2.13. The van der Waals surface area contributed by atoms with E-state index < -0.39 is 5.97 Å². The van der Waals surface area contributed by atoms with Gasteiger partial charge in [-0.1, -0.05) is 6.07 Å². The minimum absolute atomic E-state index is 0.151. The van der Waals surface area contributed by atoms with Crippen LogP contribution >= 0.6 is 0 Å². The Bertz CT molecular complexity index is 821. The molecule has 0 bridgehead atoms. The Labute approximate surface area is 157 Å². The molecule has 0 heterocycles. The van der Waals surface area contributed by atoms with Crippen LogP contribution in [0.2, 0.25) is 0 Å². The number of amides is 1. The zero-order valence-electron chi connectivity index (χ0n) is 15.8. The molecule has 0 saturated carbocycles. The molecule has 0 spiro atoms. The number of benzene rings is 2. The summed E-state index contributed by atoms with van der Waals surface area (Å²) in [6.45, 7) is 2.21. The lowest BCUT2D eigenvalue weighted by Crippen LogP contribution is -2.26. The fraction of sp³-hybridized carbons (Fsp3) is 0.300. The Kier molecular flexibility index (Phi) is 6.65. The number of hydrogen-bond donors (Lipinski definition) is 2. The van der Waals surface area contributed by atoms with Crippen molar-refractivity contribution in [1.29, 1.82) is 0 Å². The number of nitrogens with one attached hydrogen (secondary N) is 1. The maximum Gasteiger partial charge on any atom is 0.335 e. The van der Waals surface area contributed by atoms with E-state index in [-0.39, 0.29) is 11.5 Å². The van der Waals surface area contributed by atoms with Crippen LogP contribution in [-0.4, -0.2) is 44.9 Å². The number of rotatable bonds is 8. The van der Waals surface area contributed by atoms with E-state index in [1.807, 2.05) is 6.92 Å². The molecular formula is C20H23NO6. The summed E-state index contributed by atoms with van der Waals surface area (Å²) >= 11 is 0. The second-order valence-corrected chi connectivity index (χ2v) is 5.84. The van der Waals surface area contributed by atoms with Crippen LogP contribution in [-0.2, 0) is 6.42 Å². The summed E-state index contributed by atoms with van der Waals surface area (Å²) in [5.41, 5.74) is 2.21. The maximum atomic E-state index is 12.4. The SMILES string of the molecule is COc1cc(C(=O)O)ccc1CCNC(=O)c1cc(OC)c(C)c(OC)c1. The fourth-order valence-corrected chi connectivity index (χ4v) is 2.71.